The van der Waals surface area contributed by atoms with Gasteiger partial charge in [0, 0.05) is 6.42 Å². The number of amides is 1. The number of hydrogen-bond acceptors (Lipinski definition) is 8. The normalized spacial score (nSPS) is 18.5. The molecule has 0 radical (unpaired) electrons. The number of ether oxygens (including phenoxy) is 2. The van der Waals surface area contributed by atoms with Crippen LogP contribution in [0, 0.1) is 0 Å². The summed E-state index contributed by atoms with van der Waals surface area (Å²) >= 11 is 0. The molecule has 1 amide bonds. The van der Waals surface area contributed by atoms with Gasteiger partial charge in [-0.25, -0.2) is 0 Å². The van der Waals surface area contributed by atoms with Gasteiger partial charge in [-0.2, -0.15) is 0 Å². The highest BCUT2D eigenvalue weighted by atomic mass is 16.7. The third-order valence-corrected chi connectivity index (χ3v) is 17.4. The van der Waals surface area contributed by atoms with E-state index in [1.54, 1.807) is 6.08 Å². The van der Waals surface area contributed by atoms with Gasteiger partial charge in [-0.15, -0.1) is 0 Å². The lowest BCUT2D eigenvalue weighted by Gasteiger charge is -2.40. The summed E-state index contributed by atoms with van der Waals surface area (Å²) in [5.41, 5.74) is 0. The Morgan fingerprint density at radius 3 is 1.02 bits per heavy atom. The molecule has 7 unspecified atom stereocenters. The Morgan fingerprint density at radius 2 is 0.695 bits per heavy atom. The monoisotopic (exact) mass is 1160 g/mol. The molecular weight excluding hydrogens is 1020 g/mol. The zero-order valence-electron chi connectivity index (χ0n) is 54.3. The van der Waals surface area contributed by atoms with Crippen LogP contribution in [0.3, 0.4) is 0 Å². The molecule has 0 spiro atoms. The Bertz CT molecular complexity index is 1390. The fourth-order valence-electron chi connectivity index (χ4n) is 11.8. The van der Waals surface area contributed by atoms with Crippen molar-refractivity contribution in [3.63, 3.8) is 0 Å². The second-order valence-corrected chi connectivity index (χ2v) is 25.4. The first kappa shape index (κ1) is 78.4. The predicted octanol–water partition coefficient (Wildman–Crippen LogP) is 19.8. The highest BCUT2D eigenvalue weighted by molar-refractivity contribution is 5.76. The molecule has 1 saturated heterocycles. The number of unbranched alkanes of at least 4 members (excludes halogenated alkanes) is 50. The van der Waals surface area contributed by atoms with Crippen molar-refractivity contribution in [3.8, 4) is 0 Å². The highest BCUT2D eigenvalue weighted by Crippen LogP contribution is 2.24. The Balaban J connectivity index is 2.14. The zero-order valence-corrected chi connectivity index (χ0v) is 54.3. The summed E-state index contributed by atoms with van der Waals surface area (Å²) in [5.74, 6) is -0.183. The van der Waals surface area contributed by atoms with Crippen LogP contribution in [0.2, 0.25) is 0 Å². The molecule has 0 aromatic carbocycles. The van der Waals surface area contributed by atoms with Gasteiger partial charge in [-0.1, -0.05) is 352 Å². The van der Waals surface area contributed by atoms with Crippen LogP contribution in [0.1, 0.15) is 367 Å². The first-order valence-electron chi connectivity index (χ1n) is 36.2. The van der Waals surface area contributed by atoms with Crippen molar-refractivity contribution in [2.24, 2.45) is 0 Å². The minimum absolute atomic E-state index is 0.183. The maximum Gasteiger partial charge on any atom is 0.220 e. The van der Waals surface area contributed by atoms with Gasteiger partial charge in [0.1, 0.15) is 24.4 Å². The Kier molecular flexibility index (Phi) is 59.7. The number of aliphatic hydroxyl groups is 5. The van der Waals surface area contributed by atoms with Crippen molar-refractivity contribution in [2.75, 3.05) is 13.2 Å². The molecule has 1 aliphatic heterocycles. The van der Waals surface area contributed by atoms with Gasteiger partial charge in [0.05, 0.1) is 25.4 Å². The molecule has 0 saturated carbocycles. The maximum atomic E-state index is 13.1. The van der Waals surface area contributed by atoms with E-state index in [1.165, 1.54) is 302 Å². The molecule has 1 aliphatic rings. The topological polar surface area (TPSA) is 149 Å². The molecule has 0 aromatic rings. The molecule has 6 N–H and O–H groups in total. The number of allylic oxidation sites excluding steroid dienone is 5. The van der Waals surface area contributed by atoms with Crippen molar-refractivity contribution in [1.29, 1.82) is 0 Å². The van der Waals surface area contributed by atoms with E-state index in [0.29, 0.717) is 6.42 Å². The molecule has 0 bridgehead atoms. The summed E-state index contributed by atoms with van der Waals surface area (Å²) in [6, 6.07) is -0.828. The lowest BCUT2D eigenvalue weighted by Crippen LogP contribution is -2.60. The van der Waals surface area contributed by atoms with Crippen molar-refractivity contribution in [1.82, 2.24) is 5.32 Å². The average Bonchev–Trinajstić information content (AvgIpc) is 3.57. The van der Waals surface area contributed by atoms with E-state index < -0.39 is 49.5 Å². The summed E-state index contributed by atoms with van der Waals surface area (Å²) in [6.45, 7) is 3.82. The van der Waals surface area contributed by atoms with Crippen LogP contribution in [-0.4, -0.2) is 87.5 Å². The number of aliphatic hydroxyl groups excluding tert-OH is 5. The van der Waals surface area contributed by atoms with Gasteiger partial charge >= 0.3 is 0 Å². The molecule has 1 heterocycles. The smallest absolute Gasteiger partial charge is 0.220 e. The molecule has 1 rings (SSSR count). The Labute approximate surface area is 508 Å². The molecule has 0 aromatic heterocycles. The second kappa shape index (κ2) is 62.5. The van der Waals surface area contributed by atoms with Crippen molar-refractivity contribution in [3.05, 3.63) is 36.5 Å². The van der Waals surface area contributed by atoms with Gasteiger partial charge in [0.25, 0.3) is 0 Å². The van der Waals surface area contributed by atoms with Crippen LogP contribution in [-0.2, 0) is 14.3 Å². The number of nitrogens with one attached hydrogen (secondary N) is 1. The minimum Gasteiger partial charge on any atom is -0.394 e. The van der Waals surface area contributed by atoms with E-state index in [4.69, 9.17) is 9.47 Å². The molecule has 7 atom stereocenters. The van der Waals surface area contributed by atoms with E-state index in [-0.39, 0.29) is 12.5 Å². The van der Waals surface area contributed by atoms with E-state index >= 15 is 0 Å². The third kappa shape index (κ3) is 50.6. The van der Waals surface area contributed by atoms with Crippen LogP contribution >= 0.6 is 0 Å². The number of carbonyl (C=O) groups excluding carboxylic acids is 1. The maximum absolute atomic E-state index is 13.1. The van der Waals surface area contributed by atoms with E-state index in [1.807, 2.05) is 6.08 Å². The van der Waals surface area contributed by atoms with Crippen LogP contribution in [0.25, 0.3) is 0 Å². The number of carbonyl (C=O) groups is 1. The molecule has 9 nitrogen and oxygen atoms in total. The third-order valence-electron chi connectivity index (χ3n) is 17.4. The average molecular weight is 1160 g/mol. The quantitative estimate of drug-likeness (QED) is 0.0261. The lowest BCUT2D eigenvalue weighted by atomic mass is 9.99. The standard InChI is InChI=1S/C73H139NO8/c1-3-5-7-9-11-13-15-17-19-21-23-25-27-29-31-32-33-34-35-36-37-38-40-42-44-46-48-50-52-54-56-58-60-62-67(76)66(65-81-73-72(80)71(79)70(78)68(64-75)82-73)74-69(77)63-61-59-57-55-53-51-49-47-45-43-41-39-30-28-26-24-22-20-18-16-14-12-10-8-6-4-2/h44,46,52,54,60,62,66-68,70-73,75-76,78-80H,3-43,45,47-51,53,55-59,61,63-65H2,1-2H3,(H,74,77)/b46-44+,54-52+,62-60+. The van der Waals surface area contributed by atoms with Gasteiger partial charge in [0.2, 0.25) is 5.91 Å². The fourth-order valence-corrected chi connectivity index (χ4v) is 11.8. The largest absolute Gasteiger partial charge is 0.394 e. The number of rotatable bonds is 64. The summed E-state index contributed by atoms with van der Waals surface area (Å²) < 4.78 is 11.3. The molecule has 0 aliphatic carbocycles. The SMILES string of the molecule is CCCCCCCCCCCCCCCCCCCCCCCCC/C=C/CC/C=C/CC/C=C/C(O)C(COC1OC(CO)C(O)C(O)C1O)NC(=O)CCCCCCCCCCCCCCCCCCCCCCCCCCCC. The second-order valence-electron chi connectivity index (χ2n) is 25.4. The van der Waals surface area contributed by atoms with Crippen molar-refractivity contribution < 1.29 is 39.8 Å². The zero-order chi connectivity index (χ0) is 59.3. The van der Waals surface area contributed by atoms with Crippen LogP contribution in [0.15, 0.2) is 36.5 Å². The summed E-state index contributed by atoms with van der Waals surface area (Å²) in [6.07, 6.45) is 77.0. The van der Waals surface area contributed by atoms with Crippen LogP contribution < -0.4 is 5.32 Å². The van der Waals surface area contributed by atoms with Crippen molar-refractivity contribution in [2.45, 2.75) is 410 Å². The fraction of sp³-hybridized carbons (Fsp3) is 0.904. The molecule has 9 heteroatoms. The summed E-state index contributed by atoms with van der Waals surface area (Å²) in [5, 5.41) is 54.7. The van der Waals surface area contributed by atoms with Gasteiger partial charge in [-0.05, 0) is 44.9 Å². The molecule has 1 fully saturated rings. The molecular formula is C73H139NO8. The molecule has 484 valence electrons. The van der Waals surface area contributed by atoms with Gasteiger partial charge in [0.15, 0.2) is 6.29 Å². The highest BCUT2D eigenvalue weighted by Gasteiger charge is 2.44. The van der Waals surface area contributed by atoms with Crippen molar-refractivity contribution >= 4 is 5.91 Å². The van der Waals surface area contributed by atoms with Crippen LogP contribution in [0.5, 0.6) is 0 Å². The first-order chi connectivity index (χ1) is 40.3. The van der Waals surface area contributed by atoms with E-state index in [9.17, 15) is 30.3 Å². The van der Waals surface area contributed by atoms with E-state index in [0.717, 1.165) is 44.9 Å². The van der Waals surface area contributed by atoms with E-state index in [2.05, 4.69) is 43.5 Å². The van der Waals surface area contributed by atoms with Crippen LogP contribution in [0.4, 0.5) is 0 Å². The Hall–Kier alpha value is -1.59. The Morgan fingerprint density at radius 1 is 0.402 bits per heavy atom. The number of hydrogen-bond donors (Lipinski definition) is 6. The minimum atomic E-state index is -1.57. The predicted molar refractivity (Wildman–Crippen MR) is 350 cm³/mol. The van der Waals surface area contributed by atoms with Gasteiger partial charge in [-0.3, -0.25) is 4.79 Å². The summed E-state index contributed by atoms with van der Waals surface area (Å²) in [4.78, 5) is 13.1. The summed E-state index contributed by atoms with van der Waals surface area (Å²) in [7, 11) is 0. The first-order valence-corrected chi connectivity index (χ1v) is 36.2. The lowest BCUT2D eigenvalue weighted by molar-refractivity contribution is -0.302. The molecule has 82 heavy (non-hydrogen) atoms. The van der Waals surface area contributed by atoms with Gasteiger partial charge < -0.3 is 40.3 Å².